The van der Waals surface area contributed by atoms with Gasteiger partial charge in [-0.15, -0.1) is 0 Å². The third kappa shape index (κ3) is 5.52. The third-order valence-corrected chi connectivity index (χ3v) is 5.30. The molecule has 0 bridgehead atoms. The molecule has 15 heavy (non-hydrogen) atoms. The van der Waals surface area contributed by atoms with Gasteiger partial charge in [0.05, 0.1) is 16.6 Å². The number of rotatable bonds is 6. The molecule has 0 aliphatic carbocycles. The van der Waals surface area contributed by atoms with Crippen LogP contribution in [-0.4, -0.2) is 30.1 Å². The maximum Gasteiger partial charge on any atom is 0.155 e. The van der Waals surface area contributed by atoms with E-state index < -0.39 is 14.6 Å². The van der Waals surface area contributed by atoms with Crippen LogP contribution in [0.15, 0.2) is 0 Å². The van der Waals surface area contributed by atoms with Gasteiger partial charge >= 0.3 is 0 Å². The lowest BCUT2D eigenvalue weighted by Gasteiger charge is -2.19. The molecule has 0 aromatic rings. The fourth-order valence-electron chi connectivity index (χ4n) is 1.18. The van der Waals surface area contributed by atoms with Gasteiger partial charge in [-0.25, -0.2) is 8.42 Å². The summed E-state index contributed by atoms with van der Waals surface area (Å²) in [6, 6.07) is 0. The minimum atomic E-state index is -2.98. The first-order valence-electron chi connectivity index (χ1n) is 5.61. The van der Waals surface area contributed by atoms with Crippen LogP contribution in [0.2, 0.25) is 0 Å². The second-order valence-corrected chi connectivity index (χ2v) is 7.85. The number of hydrogen-bond donors (Lipinski definition) is 1. The molecule has 0 heterocycles. The molecule has 92 valence electrons. The molecule has 0 aliphatic heterocycles. The van der Waals surface area contributed by atoms with E-state index in [1.54, 1.807) is 20.8 Å². The Balaban J connectivity index is 3.88. The van der Waals surface area contributed by atoms with Crippen molar-refractivity contribution in [3.05, 3.63) is 0 Å². The third-order valence-electron chi connectivity index (χ3n) is 2.60. The quantitative estimate of drug-likeness (QED) is 0.719. The van der Waals surface area contributed by atoms with Gasteiger partial charge in [-0.3, -0.25) is 0 Å². The van der Waals surface area contributed by atoms with E-state index >= 15 is 0 Å². The van der Waals surface area contributed by atoms with Gasteiger partial charge in [-0.05, 0) is 46.5 Å². The molecule has 4 heteroatoms. The molecule has 0 aromatic carbocycles. The summed E-state index contributed by atoms with van der Waals surface area (Å²) in [4.78, 5) is 0. The topological polar surface area (TPSA) is 54.4 Å². The first-order chi connectivity index (χ1) is 6.70. The van der Waals surface area contributed by atoms with Crippen LogP contribution < -0.4 is 0 Å². The highest BCUT2D eigenvalue weighted by Crippen LogP contribution is 2.18. The lowest BCUT2D eigenvalue weighted by molar-refractivity contribution is 0.157. The van der Waals surface area contributed by atoms with Gasteiger partial charge < -0.3 is 5.11 Å². The van der Waals surface area contributed by atoms with Crippen LogP contribution in [0.25, 0.3) is 0 Å². The average Bonchev–Trinajstić information content (AvgIpc) is 2.10. The van der Waals surface area contributed by atoms with Crippen molar-refractivity contribution < 1.29 is 13.5 Å². The molecule has 0 amide bonds. The molecule has 1 unspecified atom stereocenters. The van der Waals surface area contributed by atoms with Gasteiger partial charge in [0, 0.05) is 0 Å². The monoisotopic (exact) mass is 236 g/mol. The van der Waals surface area contributed by atoms with Crippen LogP contribution >= 0.6 is 0 Å². The van der Waals surface area contributed by atoms with E-state index in [9.17, 15) is 13.5 Å². The van der Waals surface area contributed by atoms with E-state index in [-0.39, 0.29) is 11.9 Å². The summed E-state index contributed by atoms with van der Waals surface area (Å²) in [5.41, 5.74) is 0. The van der Waals surface area contributed by atoms with Crippen LogP contribution in [0.4, 0.5) is 0 Å². The number of aliphatic hydroxyl groups excluding tert-OH is 1. The van der Waals surface area contributed by atoms with E-state index in [4.69, 9.17) is 0 Å². The lowest BCUT2D eigenvalue weighted by atomic mass is 10.1. The van der Waals surface area contributed by atoms with E-state index in [1.165, 1.54) is 0 Å². The fourth-order valence-corrected chi connectivity index (χ4v) is 2.38. The second-order valence-electron chi connectivity index (χ2n) is 4.99. The van der Waals surface area contributed by atoms with Crippen molar-refractivity contribution in [1.29, 1.82) is 0 Å². The average molecular weight is 236 g/mol. The molecular formula is C11H24O3S. The number of hydrogen-bond acceptors (Lipinski definition) is 3. The maximum atomic E-state index is 11.7. The van der Waals surface area contributed by atoms with Gasteiger partial charge in [0.15, 0.2) is 9.84 Å². The molecule has 1 atom stereocenters. The molecule has 0 saturated heterocycles. The van der Waals surface area contributed by atoms with Crippen molar-refractivity contribution in [2.45, 2.75) is 64.2 Å². The summed E-state index contributed by atoms with van der Waals surface area (Å²) in [6.07, 6.45) is 2.60. The Morgan fingerprint density at radius 1 is 1.20 bits per heavy atom. The first kappa shape index (κ1) is 14.9. The second kappa shape index (κ2) is 5.85. The molecule has 1 N–H and O–H groups in total. The predicted octanol–water partition coefficient (Wildman–Crippen LogP) is 2.14. The first-order valence-corrected chi connectivity index (χ1v) is 7.26. The van der Waals surface area contributed by atoms with Crippen molar-refractivity contribution >= 4 is 9.84 Å². The lowest BCUT2D eigenvalue weighted by Crippen LogP contribution is -2.30. The number of aliphatic hydroxyl groups is 1. The molecule has 0 aromatic heterocycles. The zero-order valence-electron chi connectivity index (χ0n) is 10.3. The van der Waals surface area contributed by atoms with E-state index in [2.05, 4.69) is 0 Å². The summed E-state index contributed by atoms with van der Waals surface area (Å²) in [7, 11) is -2.98. The predicted molar refractivity (Wildman–Crippen MR) is 63.7 cm³/mol. The smallest absolute Gasteiger partial charge is 0.155 e. The molecular weight excluding hydrogens is 212 g/mol. The van der Waals surface area contributed by atoms with Gasteiger partial charge in [-0.2, -0.15) is 0 Å². The highest BCUT2D eigenvalue weighted by atomic mass is 32.2. The normalized spacial score (nSPS) is 15.3. The Kier molecular flexibility index (Phi) is 5.81. The Morgan fingerprint density at radius 3 is 2.13 bits per heavy atom. The fraction of sp³-hybridized carbons (Fsp3) is 1.00. The Hall–Kier alpha value is -0.0900. The highest BCUT2D eigenvalue weighted by Gasteiger charge is 2.27. The molecule has 0 rings (SSSR count). The Bertz CT molecular complexity index is 262. The van der Waals surface area contributed by atoms with Crippen molar-refractivity contribution in [2.24, 2.45) is 0 Å². The summed E-state index contributed by atoms with van der Waals surface area (Å²) in [5, 5.41) is 9.30. The molecule has 0 radical (unpaired) electrons. The summed E-state index contributed by atoms with van der Waals surface area (Å²) in [6.45, 7) is 7.10. The minimum absolute atomic E-state index is 0.229. The zero-order chi connectivity index (χ0) is 12.1. The van der Waals surface area contributed by atoms with E-state index in [1.807, 2.05) is 6.92 Å². The van der Waals surface area contributed by atoms with Crippen molar-refractivity contribution in [3.8, 4) is 0 Å². The highest BCUT2D eigenvalue weighted by molar-refractivity contribution is 7.92. The van der Waals surface area contributed by atoms with Crippen molar-refractivity contribution in [1.82, 2.24) is 0 Å². The van der Waals surface area contributed by atoms with Gasteiger partial charge in [0.1, 0.15) is 0 Å². The summed E-state index contributed by atoms with van der Waals surface area (Å²) < 4.78 is 22.8. The van der Waals surface area contributed by atoms with E-state index in [0.717, 1.165) is 12.8 Å². The van der Waals surface area contributed by atoms with Gasteiger partial charge in [-0.1, -0.05) is 6.92 Å². The van der Waals surface area contributed by atoms with Crippen LogP contribution in [0.5, 0.6) is 0 Å². The van der Waals surface area contributed by atoms with Crippen LogP contribution in [0.3, 0.4) is 0 Å². The standard InChI is InChI=1S/C11H24O3S/c1-5-10(12)8-6-7-9-15(13,14)11(2,3)4/h10,12H,5-9H2,1-4H3. The molecule has 0 fully saturated rings. The summed E-state index contributed by atoms with van der Waals surface area (Å²) in [5.74, 6) is 0.229. The van der Waals surface area contributed by atoms with Crippen LogP contribution in [-0.2, 0) is 9.84 Å². The number of sulfone groups is 1. The zero-order valence-corrected chi connectivity index (χ0v) is 11.1. The molecule has 0 aliphatic rings. The van der Waals surface area contributed by atoms with Gasteiger partial charge in [0.2, 0.25) is 0 Å². The van der Waals surface area contributed by atoms with E-state index in [0.29, 0.717) is 12.8 Å². The molecule has 0 spiro atoms. The van der Waals surface area contributed by atoms with Crippen molar-refractivity contribution in [3.63, 3.8) is 0 Å². The molecule has 0 saturated carbocycles. The Morgan fingerprint density at radius 2 is 1.73 bits per heavy atom. The number of unbranched alkanes of at least 4 members (excludes halogenated alkanes) is 1. The molecule has 3 nitrogen and oxygen atoms in total. The minimum Gasteiger partial charge on any atom is -0.393 e. The largest absolute Gasteiger partial charge is 0.393 e. The summed E-state index contributed by atoms with van der Waals surface area (Å²) >= 11 is 0. The SMILES string of the molecule is CCC(O)CCCCS(=O)(=O)C(C)(C)C. The maximum absolute atomic E-state index is 11.7. The van der Waals surface area contributed by atoms with Crippen molar-refractivity contribution in [2.75, 3.05) is 5.75 Å². The van der Waals surface area contributed by atoms with Gasteiger partial charge in [0.25, 0.3) is 0 Å². The Labute approximate surface area is 93.8 Å². The van der Waals surface area contributed by atoms with Crippen LogP contribution in [0, 0.1) is 0 Å². The van der Waals surface area contributed by atoms with Crippen LogP contribution in [0.1, 0.15) is 53.4 Å².